The number of amides is 2. The SMILES string of the molecule is CC(C)c1cccc(C(C)C)c1N1C(=O)c2ccc3c4cccc5c(C(C)(C)c6ccc(C(C)(C)C)cc6)ccc(c6ccc(c2c36)C1=O)c54. The van der Waals surface area contributed by atoms with Crippen LogP contribution < -0.4 is 4.90 Å². The fraction of sp³-hybridized carbons (Fsp3) is 0.277. The molecule has 8 rings (SSSR count). The number of hydrogen-bond donors (Lipinski definition) is 0. The van der Waals surface area contributed by atoms with Gasteiger partial charge in [0.1, 0.15) is 0 Å². The van der Waals surface area contributed by atoms with E-state index in [-0.39, 0.29) is 34.5 Å². The minimum atomic E-state index is -0.250. The molecule has 3 nitrogen and oxygen atoms in total. The van der Waals surface area contributed by atoms with Crippen LogP contribution in [0, 0.1) is 0 Å². The topological polar surface area (TPSA) is 37.4 Å². The van der Waals surface area contributed by atoms with Gasteiger partial charge in [0, 0.05) is 21.9 Å². The molecule has 0 N–H and O–H groups in total. The van der Waals surface area contributed by atoms with Gasteiger partial charge in [-0.3, -0.25) is 9.59 Å². The summed E-state index contributed by atoms with van der Waals surface area (Å²) in [5, 5.41) is 8.65. The molecule has 0 unspecified atom stereocenters. The van der Waals surface area contributed by atoms with E-state index < -0.39 is 0 Å². The zero-order chi connectivity index (χ0) is 35.4. The Hall–Kier alpha value is -5.02. The van der Waals surface area contributed by atoms with Crippen molar-refractivity contribution in [2.24, 2.45) is 0 Å². The van der Waals surface area contributed by atoms with Gasteiger partial charge in [0.2, 0.25) is 0 Å². The second-order valence-electron chi connectivity index (χ2n) is 16.5. The third kappa shape index (κ3) is 4.48. The maximum atomic E-state index is 14.6. The molecule has 0 aliphatic carbocycles. The lowest BCUT2D eigenvalue weighted by atomic mass is 9.74. The van der Waals surface area contributed by atoms with E-state index in [2.05, 4.69) is 141 Å². The van der Waals surface area contributed by atoms with E-state index in [0.717, 1.165) is 49.1 Å². The highest BCUT2D eigenvalue weighted by molar-refractivity contribution is 6.42. The number of nitrogens with zero attached hydrogens (tertiary/aromatic N) is 1. The summed E-state index contributed by atoms with van der Waals surface area (Å²) in [7, 11) is 0. The summed E-state index contributed by atoms with van der Waals surface area (Å²) in [6, 6.07) is 34.5. The molecule has 0 radical (unpaired) electrons. The van der Waals surface area contributed by atoms with Crippen molar-refractivity contribution >= 4 is 60.6 Å². The van der Waals surface area contributed by atoms with E-state index in [1.54, 1.807) is 0 Å². The van der Waals surface area contributed by atoms with Crippen LogP contribution in [0.4, 0.5) is 5.69 Å². The molecule has 0 saturated carbocycles. The molecule has 0 spiro atoms. The Bertz CT molecular complexity index is 2430. The van der Waals surface area contributed by atoms with Crippen LogP contribution >= 0.6 is 0 Å². The summed E-state index contributed by atoms with van der Waals surface area (Å²) in [5.41, 5.74) is 7.68. The number of carbonyl (C=O) groups is 2. The molecule has 3 heteroatoms. The molecule has 1 aliphatic heterocycles. The van der Waals surface area contributed by atoms with Crippen molar-refractivity contribution in [1.82, 2.24) is 0 Å². The van der Waals surface area contributed by atoms with Crippen LogP contribution in [-0.2, 0) is 10.8 Å². The highest BCUT2D eigenvalue weighted by Gasteiger charge is 2.38. The summed E-state index contributed by atoms with van der Waals surface area (Å²) < 4.78 is 0. The van der Waals surface area contributed by atoms with Crippen LogP contribution in [0.15, 0.2) is 97.1 Å². The average molecular weight is 656 g/mol. The zero-order valence-corrected chi connectivity index (χ0v) is 30.7. The predicted octanol–water partition coefficient (Wildman–Crippen LogP) is 12.4. The standard InChI is InChI=1S/C47H45NO2/c1-26(2)30-12-10-13-31(27(3)4)43(30)48-44(49)37-22-20-34-32-14-11-15-36-39(47(8,9)29-18-16-28(17-19-29)46(5,6)7)25-24-33(40(32)36)35-21-23-38(45(48)50)42(37)41(34)35/h10-27H,1-9H3. The number of fused-ring (bicyclic) bond motifs is 2. The van der Waals surface area contributed by atoms with Crippen molar-refractivity contribution in [2.75, 3.05) is 4.90 Å². The molecule has 0 aromatic heterocycles. The van der Waals surface area contributed by atoms with Crippen LogP contribution in [-0.4, -0.2) is 11.8 Å². The van der Waals surface area contributed by atoms with E-state index >= 15 is 0 Å². The van der Waals surface area contributed by atoms with E-state index in [9.17, 15) is 9.59 Å². The summed E-state index contributed by atoms with van der Waals surface area (Å²) in [6.45, 7) is 19.9. The molecule has 0 atom stereocenters. The van der Waals surface area contributed by atoms with Gasteiger partial charge < -0.3 is 0 Å². The van der Waals surface area contributed by atoms with Crippen molar-refractivity contribution in [3.63, 3.8) is 0 Å². The summed E-state index contributed by atoms with van der Waals surface area (Å²) in [4.78, 5) is 30.7. The van der Waals surface area contributed by atoms with Gasteiger partial charge in [-0.1, -0.05) is 147 Å². The molecule has 2 amide bonds. The number of anilines is 1. The van der Waals surface area contributed by atoms with Gasteiger partial charge in [-0.05, 0) is 94.9 Å². The Morgan fingerprint density at radius 1 is 0.480 bits per heavy atom. The van der Waals surface area contributed by atoms with Crippen molar-refractivity contribution in [1.29, 1.82) is 0 Å². The first-order valence-corrected chi connectivity index (χ1v) is 18.0. The largest absolute Gasteiger partial charge is 0.268 e. The normalized spacial score (nSPS) is 14.1. The maximum Gasteiger partial charge on any atom is 0.266 e. The maximum absolute atomic E-state index is 14.6. The Balaban J connectivity index is 1.35. The van der Waals surface area contributed by atoms with Crippen LogP contribution in [0.1, 0.15) is 123 Å². The molecular weight excluding hydrogens is 611 g/mol. The number of rotatable bonds is 5. The van der Waals surface area contributed by atoms with Crippen molar-refractivity contribution in [3.05, 3.63) is 136 Å². The Kier molecular flexibility index (Phi) is 7.08. The first-order valence-electron chi connectivity index (χ1n) is 18.0. The quantitative estimate of drug-likeness (QED) is 0.105. The Morgan fingerprint density at radius 3 is 1.48 bits per heavy atom. The molecule has 1 heterocycles. The first-order chi connectivity index (χ1) is 23.7. The summed E-state index contributed by atoms with van der Waals surface area (Å²) in [5.74, 6) is -0.203. The molecule has 0 fully saturated rings. The molecule has 7 aromatic carbocycles. The molecule has 250 valence electrons. The van der Waals surface area contributed by atoms with E-state index in [1.807, 2.05) is 18.2 Å². The molecule has 7 aromatic rings. The molecular formula is C47H45NO2. The van der Waals surface area contributed by atoms with Crippen LogP contribution in [0.25, 0.3) is 43.1 Å². The lowest BCUT2D eigenvalue weighted by molar-refractivity contribution is 0.0893. The minimum absolute atomic E-state index is 0.0979. The summed E-state index contributed by atoms with van der Waals surface area (Å²) >= 11 is 0. The van der Waals surface area contributed by atoms with E-state index in [1.165, 1.54) is 32.4 Å². The van der Waals surface area contributed by atoms with Gasteiger partial charge in [0.25, 0.3) is 11.8 Å². The highest BCUT2D eigenvalue weighted by atomic mass is 16.2. The van der Waals surface area contributed by atoms with Crippen molar-refractivity contribution in [2.45, 2.75) is 85.0 Å². The van der Waals surface area contributed by atoms with E-state index in [4.69, 9.17) is 0 Å². The Labute approximate surface area is 295 Å². The van der Waals surface area contributed by atoms with Gasteiger partial charge in [-0.2, -0.15) is 0 Å². The average Bonchev–Trinajstić information content (AvgIpc) is 3.09. The second kappa shape index (κ2) is 11.0. The Morgan fingerprint density at radius 2 is 0.940 bits per heavy atom. The molecule has 1 aliphatic rings. The fourth-order valence-corrected chi connectivity index (χ4v) is 8.55. The van der Waals surface area contributed by atoms with Crippen LogP contribution in [0.2, 0.25) is 0 Å². The lowest BCUT2D eigenvalue weighted by Gasteiger charge is -2.33. The number of imide groups is 1. The number of benzene rings is 7. The lowest BCUT2D eigenvalue weighted by Crippen LogP contribution is -2.41. The number of para-hydroxylation sites is 1. The summed E-state index contributed by atoms with van der Waals surface area (Å²) in [6.07, 6.45) is 0. The van der Waals surface area contributed by atoms with Crippen molar-refractivity contribution in [3.8, 4) is 0 Å². The second-order valence-corrected chi connectivity index (χ2v) is 16.5. The third-order valence-corrected chi connectivity index (χ3v) is 11.4. The van der Waals surface area contributed by atoms with Crippen LogP contribution in [0.3, 0.4) is 0 Å². The number of hydrogen-bond acceptors (Lipinski definition) is 2. The monoisotopic (exact) mass is 655 g/mol. The van der Waals surface area contributed by atoms with Gasteiger partial charge in [-0.25, -0.2) is 4.90 Å². The van der Waals surface area contributed by atoms with Gasteiger partial charge in [-0.15, -0.1) is 0 Å². The van der Waals surface area contributed by atoms with Gasteiger partial charge in [0.15, 0.2) is 0 Å². The zero-order valence-electron chi connectivity index (χ0n) is 30.7. The van der Waals surface area contributed by atoms with E-state index in [0.29, 0.717) is 11.1 Å². The molecule has 0 bridgehead atoms. The van der Waals surface area contributed by atoms with Crippen molar-refractivity contribution < 1.29 is 9.59 Å². The first kappa shape index (κ1) is 32.2. The van der Waals surface area contributed by atoms with Gasteiger partial charge in [0.05, 0.1) is 5.69 Å². The van der Waals surface area contributed by atoms with Gasteiger partial charge >= 0.3 is 0 Å². The third-order valence-electron chi connectivity index (χ3n) is 11.4. The predicted molar refractivity (Wildman–Crippen MR) is 211 cm³/mol. The number of carbonyl (C=O) groups excluding carboxylic acids is 2. The van der Waals surface area contributed by atoms with Crippen LogP contribution in [0.5, 0.6) is 0 Å². The fourth-order valence-electron chi connectivity index (χ4n) is 8.55. The molecule has 50 heavy (non-hydrogen) atoms. The highest BCUT2D eigenvalue weighted by Crippen LogP contribution is 2.48. The molecule has 0 saturated heterocycles. The minimum Gasteiger partial charge on any atom is -0.268 e. The smallest absolute Gasteiger partial charge is 0.266 e.